The summed E-state index contributed by atoms with van der Waals surface area (Å²) in [6.45, 7) is 2.12. The van der Waals surface area contributed by atoms with Crippen LogP contribution in [0.2, 0.25) is 0 Å². The van der Waals surface area contributed by atoms with Crippen LogP contribution in [0.5, 0.6) is 0 Å². The Balaban J connectivity index is 1.68. The molecular formula is C18H19FN4O3. The lowest BCUT2D eigenvalue weighted by atomic mass is 10.1. The first-order valence-corrected chi connectivity index (χ1v) is 8.96. The minimum atomic E-state index is -1.30. The molecule has 7 nitrogen and oxygen atoms in total. The molecule has 3 heterocycles. The van der Waals surface area contributed by atoms with E-state index < -0.39 is 17.2 Å². The first-order chi connectivity index (χ1) is 12.5. The Hall–Kier alpha value is -2.48. The van der Waals surface area contributed by atoms with Crippen molar-refractivity contribution in [2.75, 3.05) is 24.5 Å². The van der Waals surface area contributed by atoms with Crippen molar-refractivity contribution in [3.05, 3.63) is 33.9 Å². The van der Waals surface area contributed by atoms with E-state index in [4.69, 9.17) is 0 Å². The Morgan fingerprint density at radius 3 is 2.81 bits per heavy atom. The van der Waals surface area contributed by atoms with Gasteiger partial charge in [-0.05, 0) is 31.7 Å². The van der Waals surface area contributed by atoms with Gasteiger partial charge in [0.25, 0.3) is 0 Å². The van der Waals surface area contributed by atoms with Crippen LogP contribution in [0, 0.1) is 5.82 Å². The maximum absolute atomic E-state index is 14.8. The SMILES string of the molecule is O=C(O)c1cn(C2CC2)c2nc(N3CCNC4(CC4)C3)c(F)cc2c1=O. The molecule has 0 radical (unpaired) electrons. The zero-order valence-corrected chi connectivity index (χ0v) is 14.2. The molecule has 1 spiro atoms. The van der Waals surface area contributed by atoms with Crippen LogP contribution in [0.15, 0.2) is 17.1 Å². The highest BCUT2D eigenvalue weighted by Gasteiger charge is 2.46. The Morgan fingerprint density at radius 1 is 1.38 bits per heavy atom. The molecule has 1 saturated heterocycles. The highest BCUT2D eigenvalue weighted by Crippen LogP contribution is 2.40. The molecule has 2 N–H and O–H groups in total. The van der Waals surface area contributed by atoms with E-state index in [2.05, 4.69) is 10.3 Å². The number of anilines is 1. The average Bonchev–Trinajstić information content (AvgIpc) is 3.53. The van der Waals surface area contributed by atoms with Gasteiger partial charge < -0.3 is 19.9 Å². The van der Waals surface area contributed by atoms with E-state index in [0.717, 1.165) is 38.3 Å². The quantitative estimate of drug-likeness (QED) is 0.865. The largest absolute Gasteiger partial charge is 0.477 e. The Bertz CT molecular complexity index is 994. The predicted octanol–water partition coefficient (Wildman–Crippen LogP) is 1.51. The number of carboxylic acids is 1. The molecule has 26 heavy (non-hydrogen) atoms. The van der Waals surface area contributed by atoms with Crippen molar-refractivity contribution in [3.63, 3.8) is 0 Å². The van der Waals surface area contributed by atoms with Crippen LogP contribution in [-0.4, -0.2) is 45.8 Å². The van der Waals surface area contributed by atoms with Crippen LogP contribution in [0.3, 0.4) is 0 Å². The van der Waals surface area contributed by atoms with Crippen LogP contribution in [0.4, 0.5) is 10.2 Å². The van der Waals surface area contributed by atoms with Crippen LogP contribution >= 0.6 is 0 Å². The highest BCUT2D eigenvalue weighted by atomic mass is 19.1. The number of piperazine rings is 1. The normalized spacial score (nSPS) is 21.3. The van der Waals surface area contributed by atoms with Gasteiger partial charge in [0.1, 0.15) is 11.2 Å². The smallest absolute Gasteiger partial charge is 0.341 e. The predicted molar refractivity (Wildman–Crippen MR) is 93.4 cm³/mol. The van der Waals surface area contributed by atoms with Gasteiger partial charge in [-0.2, -0.15) is 0 Å². The summed E-state index contributed by atoms with van der Waals surface area (Å²) in [5.74, 6) is -1.62. The summed E-state index contributed by atoms with van der Waals surface area (Å²) < 4.78 is 16.6. The van der Waals surface area contributed by atoms with Crippen LogP contribution in [0.1, 0.15) is 42.1 Å². The van der Waals surface area contributed by atoms with E-state index in [1.54, 1.807) is 4.57 Å². The van der Waals surface area contributed by atoms with E-state index in [0.29, 0.717) is 18.7 Å². The van der Waals surface area contributed by atoms with Crippen molar-refractivity contribution in [1.29, 1.82) is 0 Å². The second-order valence-electron chi connectivity index (χ2n) is 7.61. The van der Waals surface area contributed by atoms with E-state index in [-0.39, 0.29) is 28.3 Å². The van der Waals surface area contributed by atoms with Gasteiger partial charge in [-0.15, -0.1) is 0 Å². The molecule has 5 rings (SSSR count). The number of aromatic carboxylic acids is 1. The van der Waals surface area contributed by atoms with Gasteiger partial charge in [0, 0.05) is 37.4 Å². The molecule has 0 amide bonds. The molecule has 3 aliphatic rings. The molecule has 2 aromatic heterocycles. The third-order valence-corrected chi connectivity index (χ3v) is 5.64. The van der Waals surface area contributed by atoms with Gasteiger partial charge in [0.05, 0.1) is 5.39 Å². The third kappa shape index (κ3) is 2.39. The van der Waals surface area contributed by atoms with E-state index in [1.807, 2.05) is 4.90 Å². The first-order valence-electron chi connectivity index (χ1n) is 8.96. The summed E-state index contributed by atoms with van der Waals surface area (Å²) in [4.78, 5) is 30.3. The van der Waals surface area contributed by atoms with Gasteiger partial charge in [0.2, 0.25) is 5.43 Å². The molecule has 2 saturated carbocycles. The lowest BCUT2D eigenvalue weighted by molar-refractivity contribution is 0.0695. The minimum absolute atomic E-state index is 0.0364. The molecule has 0 aromatic carbocycles. The molecule has 1 aliphatic heterocycles. The molecule has 3 fully saturated rings. The monoisotopic (exact) mass is 358 g/mol. The van der Waals surface area contributed by atoms with Crippen molar-refractivity contribution < 1.29 is 14.3 Å². The van der Waals surface area contributed by atoms with Crippen molar-refractivity contribution in [2.45, 2.75) is 37.3 Å². The summed E-state index contributed by atoms with van der Waals surface area (Å²) >= 11 is 0. The molecule has 0 atom stereocenters. The van der Waals surface area contributed by atoms with Crippen LogP contribution in [0.25, 0.3) is 11.0 Å². The molecule has 2 aliphatic carbocycles. The first kappa shape index (κ1) is 15.7. The Morgan fingerprint density at radius 2 is 2.15 bits per heavy atom. The van der Waals surface area contributed by atoms with Crippen molar-refractivity contribution in [2.24, 2.45) is 0 Å². The summed E-state index contributed by atoms with van der Waals surface area (Å²) in [5.41, 5.74) is -0.564. The number of hydrogen-bond acceptors (Lipinski definition) is 5. The number of hydrogen-bond donors (Lipinski definition) is 2. The van der Waals surface area contributed by atoms with E-state index in [1.165, 1.54) is 6.20 Å². The fourth-order valence-corrected chi connectivity index (χ4v) is 3.87. The third-order valence-electron chi connectivity index (χ3n) is 5.64. The highest BCUT2D eigenvalue weighted by molar-refractivity contribution is 5.92. The number of nitrogens with zero attached hydrogens (tertiary/aromatic N) is 3. The van der Waals surface area contributed by atoms with E-state index in [9.17, 15) is 19.1 Å². The summed E-state index contributed by atoms with van der Waals surface area (Å²) in [6.07, 6.45) is 5.32. The zero-order valence-electron chi connectivity index (χ0n) is 14.2. The number of halogens is 1. The number of aromatic nitrogens is 2. The molecular weight excluding hydrogens is 339 g/mol. The number of carbonyl (C=O) groups is 1. The summed E-state index contributed by atoms with van der Waals surface area (Å²) in [6, 6.07) is 1.28. The molecule has 8 heteroatoms. The van der Waals surface area contributed by atoms with Crippen LogP contribution < -0.4 is 15.6 Å². The standard InChI is InChI=1S/C18H19FN4O3/c19-13-7-11-14(24)12(17(25)26)8-23(10-1-2-10)15(11)21-16(13)22-6-5-20-18(9-22)3-4-18/h7-8,10,20H,1-6,9H2,(H,25,26). The Kier molecular flexibility index (Phi) is 3.19. The topological polar surface area (TPSA) is 87.5 Å². The van der Waals surface area contributed by atoms with Gasteiger partial charge >= 0.3 is 5.97 Å². The van der Waals surface area contributed by atoms with Gasteiger partial charge in [-0.1, -0.05) is 0 Å². The molecule has 136 valence electrons. The number of rotatable bonds is 3. The second kappa shape index (κ2) is 5.26. The number of nitrogens with one attached hydrogen (secondary N) is 1. The maximum Gasteiger partial charge on any atom is 0.341 e. The maximum atomic E-state index is 14.8. The van der Waals surface area contributed by atoms with Gasteiger partial charge in [-0.25, -0.2) is 14.2 Å². The van der Waals surface area contributed by atoms with Gasteiger partial charge in [0.15, 0.2) is 11.6 Å². The fraction of sp³-hybridized carbons (Fsp3) is 0.500. The Labute approximate surface area is 148 Å². The van der Waals surface area contributed by atoms with Crippen molar-refractivity contribution in [3.8, 4) is 0 Å². The zero-order chi connectivity index (χ0) is 18.1. The number of carboxylic acid groups (broad SMARTS) is 1. The summed E-state index contributed by atoms with van der Waals surface area (Å²) in [5, 5.41) is 12.8. The van der Waals surface area contributed by atoms with Crippen molar-refractivity contribution >= 4 is 22.8 Å². The van der Waals surface area contributed by atoms with Crippen molar-refractivity contribution in [1.82, 2.24) is 14.9 Å². The second-order valence-corrected chi connectivity index (χ2v) is 7.61. The molecule has 0 bridgehead atoms. The van der Waals surface area contributed by atoms with E-state index >= 15 is 0 Å². The fourth-order valence-electron chi connectivity index (χ4n) is 3.87. The molecule has 2 aromatic rings. The molecule has 0 unspecified atom stereocenters. The van der Waals surface area contributed by atoms with Gasteiger partial charge in [-0.3, -0.25) is 4.79 Å². The summed E-state index contributed by atoms with van der Waals surface area (Å²) in [7, 11) is 0. The lowest BCUT2D eigenvalue weighted by Gasteiger charge is -2.35. The number of fused-ring (bicyclic) bond motifs is 1. The average molecular weight is 358 g/mol. The number of pyridine rings is 2. The lowest BCUT2D eigenvalue weighted by Crippen LogP contribution is -2.53. The van der Waals surface area contributed by atoms with Crippen LogP contribution in [-0.2, 0) is 0 Å². The minimum Gasteiger partial charge on any atom is -0.477 e.